The van der Waals surface area contributed by atoms with Crippen LogP contribution in [-0.4, -0.2) is 33.7 Å². The molecule has 3 aromatic heterocycles. The molecule has 0 spiro atoms. The Balaban J connectivity index is 1.63. The zero-order valence-corrected chi connectivity index (χ0v) is 19.9. The highest BCUT2D eigenvalue weighted by Gasteiger charge is 2.21. The van der Waals surface area contributed by atoms with Gasteiger partial charge in [0.15, 0.2) is 0 Å². The molecule has 0 fully saturated rings. The molecule has 0 bridgehead atoms. The van der Waals surface area contributed by atoms with Crippen molar-refractivity contribution >= 4 is 28.9 Å². The van der Waals surface area contributed by atoms with Gasteiger partial charge in [0.2, 0.25) is 11.7 Å². The molecule has 34 heavy (non-hydrogen) atoms. The summed E-state index contributed by atoms with van der Waals surface area (Å²) in [6, 6.07) is 11.0. The second-order valence-electron chi connectivity index (χ2n) is 7.73. The average molecular weight is 479 g/mol. The molecule has 0 unspecified atom stereocenters. The van der Waals surface area contributed by atoms with Gasteiger partial charge in [-0.15, -0.1) is 11.3 Å². The second kappa shape index (κ2) is 9.44. The number of thiophene rings is 1. The van der Waals surface area contributed by atoms with Crippen molar-refractivity contribution in [1.82, 2.24) is 14.7 Å². The van der Waals surface area contributed by atoms with E-state index < -0.39 is 17.4 Å². The van der Waals surface area contributed by atoms with Crippen molar-refractivity contribution in [3.63, 3.8) is 0 Å². The topological polar surface area (TPSA) is 116 Å². The van der Waals surface area contributed by atoms with Crippen LogP contribution in [0.25, 0.3) is 22.8 Å². The van der Waals surface area contributed by atoms with Gasteiger partial charge in [-0.05, 0) is 43.8 Å². The Bertz CT molecular complexity index is 1430. The number of esters is 1. The fourth-order valence-corrected chi connectivity index (χ4v) is 4.29. The van der Waals surface area contributed by atoms with Crippen LogP contribution in [0.2, 0.25) is 0 Å². The number of amides is 1. The molecule has 0 saturated carbocycles. The number of methoxy groups -OCH3 is 1. The van der Waals surface area contributed by atoms with E-state index in [0.29, 0.717) is 22.8 Å². The molecule has 10 heteroatoms. The van der Waals surface area contributed by atoms with Crippen LogP contribution >= 0.6 is 11.3 Å². The summed E-state index contributed by atoms with van der Waals surface area (Å²) >= 11 is 1.15. The van der Waals surface area contributed by atoms with Crippen molar-refractivity contribution in [2.75, 3.05) is 12.4 Å². The lowest BCUT2D eigenvalue weighted by atomic mass is 10.1. The maximum atomic E-state index is 13.3. The van der Waals surface area contributed by atoms with E-state index in [1.807, 2.05) is 31.2 Å². The number of aryl methyl sites for hydroxylation is 3. The van der Waals surface area contributed by atoms with Crippen LogP contribution in [-0.2, 0) is 16.1 Å². The summed E-state index contributed by atoms with van der Waals surface area (Å²) in [5, 5.41) is 8.36. The lowest BCUT2D eigenvalue weighted by molar-refractivity contribution is -0.116. The summed E-state index contributed by atoms with van der Waals surface area (Å²) in [4.78, 5) is 42.6. The Kier molecular flexibility index (Phi) is 6.42. The van der Waals surface area contributed by atoms with Crippen molar-refractivity contribution in [2.24, 2.45) is 0 Å². The van der Waals surface area contributed by atoms with E-state index in [-0.39, 0.29) is 22.9 Å². The van der Waals surface area contributed by atoms with E-state index in [9.17, 15) is 14.4 Å². The van der Waals surface area contributed by atoms with Gasteiger partial charge in [0.25, 0.3) is 11.4 Å². The first-order chi connectivity index (χ1) is 16.3. The molecule has 4 aromatic rings. The van der Waals surface area contributed by atoms with E-state index in [4.69, 9.17) is 9.26 Å². The van der Waals surface area contributed by atoms with Crippen LogP contribution in [0, 0.1) is 20.8 Å². The van der Waals surface area contributed by atoms with E-state index in [1.54, 1.807) is 31.4 Å². The number of hydrogen-bond acceptors (Lipinski definition) is 8. The van der Waals surface area contributed by atoms with E-state index in [2.05, 4.69) is 15.5 Å². The molecule has 1 aromatic carbocycles. The Morgan fingerprint density at radius 3 is 2.59 bits per heavy atom. The highest BCUT2D eigenvalue weighted by molar-refractivity contribution is 7.12. The van der Waals surface area contributed by atoms with Gasteiger partial charge in [0.1, 0.15) is 17.0 Å². The largest absolute Gasteiger partial charge is 0.465 e. The standard InChI is InChI=1S/C24H22N4O5S/c1-13-5-7-16(8-6-13)21-26-22(33-27-21)19-14(2)11-15(3)28(23(19)30)12-18(29)25-17-9-10-34-20(17)24(31)32-4/h5-11H,12H2,1-4H3,(H,25,29). The van der Waals surface area contributed by atoms with Crippen LogP contribution in [0.15, 0.2) is 51.1 Å². The number of nitrogens with zero attached hydrogens (tertiary/aromatic N) is 3. The predicted octanol–water partition coefficient (Wildman–Crippen LogP) is 3.98. The number of ether oxygens (including phenoxy) is 1. The molecule has 3 heterocycles. The van der Waals surface area contributed by atoms with E-state index >= 15 is 0 Å². The molecule has 1 amide bonds. The van der Waals surface area contributed by atoms with Gasteiger partial charge in [-0.3, -0.25) is 9.59 Å². The van der Waals surface area contributed by atoms with Gasteiger partial charge >= 0.3 is 5.97 Å². The quantitative estimate of drug-likeness (QED) is 0.417. The molecule has 1 N–H and O–H groups in total. The third kappa shape index (κ3) is 4.53. The predicted molar refractivity (Wildman–Crippen MR) is 128 cm³/mol. The molecule has 0 aliphatic carbocycles. The first-order valence-corrected chi connectivity index (χ1v) is 11.2. The minimum atomic E-state index is -0.544. The molecule has 0 atom stereocenters. The van der Waals surface area contributed by atoms with Crippen LogP contribution in [0.1, 0.15) is 26.5 Å². The first kappa shape index (κ1) is 23.1. The van der Waals surface area contributed by atoms with Gasteiger partial charge < -0.3 is 19.1 Å². The lowest BCUT2D eigenvalue weighted by Crippen LogP contribution is -2.31. The molecule has 4 rings (SSSR count). The molecule has 174 valence electrons. The summed E-state index contributed by atoms with van der Waals surface area (Å²) in [5.74, 6) is -0.559. The van der Waals surface area contributed by atoms with Gasteiger partial charge in [-0.1, -0.05) is 35.0 Å². The first-order valence-electron chi connectivity index (χ1n) is 10.4. The lowest BCUT2D eigenvalue weighted by Gasteiger charge is -2.13. The van der Waals surface area contributed by atoms with Gasteiger partial charge in [-0.2, -0.15) is 4.98 Å². The van der Waals surface area contributed by atoms with Crippen LogP contribution in [0.5, 0.6) is 0 Å². The zero-order chi connectivity index (χ0) is 24.4. The van der Waals surface area contributed by atoms with Gasteiger partial charge in [-0.25, -0.2) is 4.79 Å². The van der Waals surface area contributed by atoms with E-state index in [0.717, 1.165) is 22.5 Å². The number of rotatable bonds is 6. The van der Waals surface area contributed by atoms with Crippen LogP contribution in [0.4, 0.5) is 5.69 Å². The summed E-state index contributed by atoms with van der Waals surface area (Å²) < 4.78 is 11.5. The normalized spacial score (nSPS) is 10.8. The summed E-state index contributed by atoms with van der Waals surface area (Å²) in [6.07, 6.45) is 0. The SMILES string of the molecule is COC(=O)c1sccc1NC(=O)Cn1c(C)cc(C)c(-c2nc(-c3ccc(C)cc3)no2)c1=O. The van der Waals surface area contributed by atoms with Gasteiger partial charge in [0, 0.05) is 11.3 Å². The minimum absolute atomic E-state index is 0.0815. The van der Waals surface area contributed by atoms with Crippen LogP contribution in [0.3, 0.4) is 0 Å². The average Bonchev–Trinajstić information content (AvgIpc) is 3.46. The van der Waals surface area contributed by atoms with Crippen molar-refractivity contribution in [2.45, 2.75) is 27.3 Å². The molecule has 0 aliphatic heterocycles. The van der Waals surface area contributed by atoms with E-state index in [1.165, 1.54) is 11.7 Å². The summed E-state index contributed by atoms with van der Waals surface area (Å²) in [5.41, 5.74) is 3.26. The van der Waals surface area contributed by atoms with Crippen molar-refractivity contribution in [3.8, 4) is 22.8 Å². The second-order valence-corrected chi connectivity index (χ2v) is 8.64. The number of benzene rings is 1. The Hall–Kier alpha value is -4.05. The fraction of sp³-hybridized carbons (Fsp3) is 0.208. The molecular weight excluding hydrogens is 456 g/mol. The maximum absolute atomic E-state index is 13.3. The molecule has 9 nitrogen and oxygen atoms in total. The summed E-state index contributed by atoms with van der Waals surface area (Å²) in [6.45, 7) is 5.24. The number of carbonyl (C=O) groups excluding carboxylic acids is 2. The van der Waals surface area contributed by atoms with Gasteiger partial charge in [0.05, 0.1) is 12.8 Å². The Labute approximate surface area is 199 Å². The minimum Gasteiger partial charge on any atom is -0.465 e. The monoisotopic (exact) mass is 478 g/mol. The third-order valence-corrected chi connectivity index (χ3v) is 6.16. The van der Waals surface area contributed by atoms with Crippen molar-refractivity contribution < 1.29 is 18.8 Å². The smallest absolute Gasteiger partial charge is 0.350 e. The number of pyridine rings is 1. The highest BCUT2D eigenvalue weighted by Crippen LogP contribution is 2.25. The zero-order valence-electron chi connectivity index (χ0n) is 19.0. The van der Waals surface area contributed by atoms with Crippen LogP contribution < -0.4 is 10.9 Å². The number of carbonyl (C=O) groups is 2. The molecule has 0 radical (unpaired) electrons. The molecule has 0 saturated heterocycles. The summed E-state index contributed by atoms with van der Waals surface area (Å²) in [7, 11) is 1.27. The Morgan fingerprint density at radius 2 is 1.88 bits per heavy atom. The Morgan fingerprint density at radius 1 is 1.15 bits per heavy atom. The fourth-order valence-electron chi connectivity index (χ4n) is 3.52. The molecule has 0 aliphatic rings. The third-order valence-electron chi connectivity index (χ3n) is 5.27. The number of aromatic nitrogens is 3. The van der Waals surface area contributed by atoms with Crippen molar-refractivity contribution in [1.29, 1.82) is 0 Å². The highest BCUT2D eigenvalue weighted by atomic mass is 32.1. The molecular formula is C24H22N4O5S. The number of anilines is 1. The van der Waals surface area contributed by atoms with Crippen molar-refractivity contribution in [3.05, 3.63) is 73.8 Å². The number of hydrogen-bond donors (Lipinski definition) is 1. The number of nitrogens with one attached hydrogen (secondary N) is 1. The maximum Gasteiger partial charge on any atom is 0.350 e.